The highest BCUT2D eigenvalue weighted by atomic mass is 32.2. The van der Waals surface area contributed by atoms with E-state index in [1.165, 1.54) is 7.11 Å². The first kappa shape index (κ1) is 20.3. The molecular formula is C21H27N3O4S. The number of benzene rings is 1. The van der Waals surface area contributed by atoms with Gasteiger partial charge in [0.05, 0.1) is 24.2 Å². The molecule has 7 nitrogen and oxygen atoms in total. The fourth-order valence-electron chi connectivity index (χ4n) is 4.36. The zero-order chi connectivity index (χ0) is 20.4. The molecule has 0 N–H and O–H groups in total. The van der Waals surface area contributed by atoms with Crippen LogP contribution in [0.15, 0.2) is 53.7 Å². The Balaban J connectivity index is 1.44. The van der Waals surface area contributed by atoms with E-state index < -0.39 is 10.0 Å². The van der Waals surface area contributed by atoms with Crippen LogP contribution >= 0.6 is 0 Å². The van der Waals surface area contributed by atoms with Crippen molar-refractivity contribution in [2.45, 2.75) is 35.9 Å². The molecule has 0 bridgehead atoms. The van der Waals surface area contributed by atoms with E-state index >= 15 is 0 Å². The van der Waals surface area contributed by atoms with Gasteiger partial charge in [0, 0.05) is 51.2 Å². The lowest BCUT2D eigenvalue weighted by Gasteiger charge is -2.52. The number of hydrogen-bond donors (Lipinski definition) is 0. The third-order valence-electron chi connectivity index (χ3n) is 6.00. The summed E-state index contributed by atoms with van der Waals surface area (Å²) in [6, 6.07) is 11.2. The highest BCUT2D eigenvalue weighted by Crippen LogP contribution is 2.39. The molecule has 4 rings (SSSR count). The number of aromatic nitrogens is 1. The number of ether oxygens (including phenoxy) is 2. The molecule has 2 aromatic rings. The van der Waals surface area contributed by atoms with Crippen molar-refractivity contribution >= 4 is 10.0 Å². The summed E-state index contributed by atoms with van der Waals surface area (Å²) in [5.41, 5.74) is 1.15. The normalized spacial score (nSPS) is 24.2. The van der Waals surface area contributed by atoms with E-state index in [-0.39, 0.29) is 17.0 Å². The fourth-order valence-corrected chi connectivity index (χ4v) is 5.86. The summed E-state index contributed by atoms with van der Waals surface area (Å²) < 4.78 is 38.5. The second kappa shape index (κ2) is 8.39. The maximum atomic E-state index is 13.0. The Morgan fingerprint density at radius 3 is 2.55 bits per heavy atom. The summed E-state index contributed by atoms with van der Waals surface area (Å²) in [6.07, 6.45) is 5.42. The number of likely N-dealkylation sites (tertiary alicyclic amines) is 1. The highest BCUT2D eigenvalue weighted by molar-refractivity contribution is 7.89. The molecule has 29 heavy (non-hydrogen) atoms. The molecule has 2 aliphatic heterocycles. The molecule has 1 aromatic heterocycles. The van der Waals surface area contributed by atoms with Crippen molar-refractivity contribution in [3.63, 3.8) is 0 Å². The van der Waals surface area contributed by atoms with Crippen molar-refractivity contribution < 1.29 is 17.9 Å². The van der Waals surface area contributed by atoms with Crippen LogP contribution in [0.25, 0.3) is 0 Å². The summed E-state index contributed by atoms with van der Waals surface area (Å²) in [7, 11) is -0.231. The number of nitrogens with zero attached hydrogens (tertiary/aromatic N) is 3. The minimum Gasteiger partial charge on any atom is -0.497 e. The smallest absolute Gasteiger partial charge is 0.243 e. The summed E-state index contributed by atoms with van der Waals surface area (Å²) in [4.78, 5) is 6.96. The maximum Gasteiger partial charge on any atom is 0.243 e. The first-order valence-electron chi connectivity index (χ1n) is 9.87. The van der Waals surface area contributed by atoms with E-state index in [2.05, 4.69) is 16.0 Å². The average molecular weight is 418 g/mol. The van der Waals surface area contributed by atoms with Gasteiger partial charge in [-0.2, -0.15) is 4.31 Å². The summed E-state index contributed by atoms with van der Waals surface area (Å²) in [5, 5.41) is 0. The molecule has 8 heteroatoms. The lowest BCUT2D eigenvalue weighted by Crippen LogP contribution is -2.60. The van der Waals surface area contributed by atoms with Crippen molar-refractivity contribution in [3.05, 3.63) is 54.4 Å². The van der Waals surface area contributed by atoms with Crippen molar-refractivity contribution in [1.82, 2.24) is 14.2 Å². The number of rotatable bonds is 6. The standard InChI is InChI=1S/C21H27N3O4S/c1-27-18-6-3-7-19(13-18)29(25,26)23-11-8-17(9-12-23)24-15-20(28-2)21(24)16-5-4-10-22-14-16/h3-7,10,13-14,17,20-21H,8-9,11-12,15H2,1-2H3/t20-,21-/m0/s1. The lowest BCUT2D eigenvalue weighted by molar-refractivity contribution is -0.114. The van der Waals surface area contributed by atoms with Gasteiger partial charge in [0.1, 0.15) is 5.75 Å². The predicted molar refractivity (Wildman–Crippen MR) is 109 cm³/mol. The molecule has 156 valence electrons. The van der Waals surface area contributed by atoms with E-state index in [4.69, 9.17) is 9.47 Å². The molecule has 2 atom stereocenters. The zero-order valence-electron chi connectivity index (χ0n) is 16.8. The van der Waals surface area contributed by atoms with Gasteiger partial charge in [-0.1, -0.05) is 12.1 Å². The summed E-state index contributed by atoms with van der Waals surface area (Å²) in [5.74, 6) is 0.548. The Hall–Kier alpha value is -2.00. The third kappa shape index (κ3) is 3.90. The number of pyridine rings is 1. The molecule has 2 saturated heterocycles. The SMILES string of the molecule is COc1cccc(S(=O)(=O)N2CCC(N3C[C@H](OC)[C@@H]3c3cccnc3)CC2)c1. The number of hydrogen-bond acceptors (Lipinski definition) is 6. The number of piperidine rings is 1. The second-order valence-corrected chi connectivity index (χ2v) is 9.45. The molecule has 1 aromatic carbocycles. The van der Waals surface area contributed by atoms with E-state index in [1.54, 1.807) is 41.9 Å². The molecule has 0 amide bonds. The number of methoxy groups -OCH3 is 2. The quantitative estimate of drug-likeness (QED) is 0.718. The average Bonchev–Trinajstić information content (AvgIpc) is 2.74. The van der Waals surface area contributed by atoms with Crippen molar-refractivity contribution in [2.24, 2.45) is 0 Å². The monoisotopic (exact) mass is 417 g/mol. The van der Waals surface area contributed by atoms with Crippen LogP contribution in [0.3, 0.4) is 0 Å². The van der Waals surface area contributed by atoms with E-state index in [9.17, 15) is 8.42 Å². The largest absolute Gasteiger partial charge is 0.497 e. The molecule has 0 saturated carbocycles. The molecule has 0 unspecified atom stereocenters. The maximum absolute atomic E-state index is 13.0. The van der Waals surface area contributed by atoms with E-state index in [0.717, 1.165) is 24.9 Å². The molecule has 0 radical (unpaired) electrons. The van der Waals surface area contributed by atoms with Gasteiger partial charge in [0.25, 0.3) is 0 Å². The highest BCUT2D eigenvalue weighted by Gasteiger charge is 2.45. The van der Waals surface area contributed by atoms with Gasteiger partial charge in [0.15, 0.2) is 0 Å². The summed E-state index contributed by atoms with van der Waals surface area (Å²) in [6.45, 7) is 1.89. The van der Waals surface area contributed by atoms with Crippen molar-refractivity contribution in [2.75, 3.05) is 33.9 Å². The van der Waals surface area contributed by atoms with E-state index in [0.29, 0.717) is 24.9 Å². The van der Waals surface area contributed by atoms with Crippen LogP contribution in [0.4, 0.5) is 0 Å². The number of sulfonamides is 1. The Labute approximate surface area is 172 Å². The fraction of sp³-hybridized carbons (Fsp3) is 0.476. The van der Waals surface area contributed by atoms with Crippen LogP contribution < -0.4 is 4.74 Å². The Morgan fingerprint density at radius 1 is 1.10 bits per heavy atom. The van der Waals surface area contributed by atoms with Crippen molar-refractivity contribution in [3.8, 4) is 5.75 Å². The van der Waals surface area contributed by atoms with Crippen LogP contribution in [0.1, 0.15) is 24.4 Å². The second-order valence-electron chi connectivity index (χ2n) is 7.52. The molecule has 3 heterocycles. The lowest BCUT2D eigenvalue weighted by atomic mass is 9.88. The van der Waals surface area contributed by atoms with Gasteiger partial charge in [-0.3, -0.25) is 9.88 Å². The van der Waals surface area contributed by atoms with E-state index in [1.807, 2.05) is 12.3 Å². The molecule has 2 fully saturated rings. The van der Waals surface area contributed by atoms with Crippen LogP contribution in [-0.2, 0) is 14.8 Å². The van der Waals surface area contributed by atoms with Gasteiger partial charge in [-0.05, 0) is 36.6 Å². The Kier molecular flexibility index (Phi) is 5.87. The Bertz CT molecular complexity index is 930. The first-order valence-corrected chi connectivity index (χ1v) is 11.3. The molecular weight excluding hydrogens is 390 g/mol. The van der Waals surface area contributed by atoms with Gasteiger partial charge in [0.2, 0.25) is 10.0 Å². The van der Waals surface area contributed by atoms with Gasteiger partial charge < -0.3 is 9.47 Å². The minimum atomic E-state index is -3.51. The topological polar surface area (TPSA) is 72.0 Å². The Morgan fingerprint density at radius 2 is 1.90 bits per heavy atom. The molecule has 0 spiro atoms. The first-order chi connectivity index (χ1) is 14.0. The third-order valence-corrected chi connectivity index (χ3v) is 7.89. The van der Waals surface area contributed by atoms with Crippen LogP contribution in [0.2, 0.25) is 0 Å². The summed E-state index contributed by atoms with van der Waals surface area (Å²) >= 11 is 0. The van der Waals surface area contributed by atoms with Crippen LogP contribution in [-0.4, -0.2) is 68.6 Å². The van der Waals surface area contributed by atoms with Crippen LogP contribution in [0.5, 0.6) is 5.75 Å². The zero-order valence-corrected chi connectivity index (χ0v) is 17.6. The predicted octanol–water partition coefficient (Wildman–Crippen LogP) is 2.32. The minimum absolute atomic E-state index is 0.151. The van der Waals surface area contributed by atoms with Crippen LogP contribution in [0, 0.1) is 0 Å². The van der Waals surface area contributed by atoms with Gasteiger partial charge >= 0.3 is 0 Å². The van der Waals surface area contributed by atoms with Gasteiger partial charge in [-0.25, -0.2) is 8.42 Å². The van der Waals surface area contributed by atoms with Crippen molar-refractivity contribution in [1.29, 1.82) is 0 Å². The molecule has 0 aliphatic carbocycles. The van der Waals surface area contributed by atoms with Gasteiger partial charge in [-0.15, -0.1) is 0 Å². The molecule has 2 aliphatic rings.